The summed E-state index contributed by atoms with van der Waals surface area (Å²) in [6, 6.07) is 4.56. The van der Waals surface area contributed by atoms with Crippen molar-refractivity contribution >= 4 is 31.9 Å². The van der Waals surface area contributed by atoms with Gasteiger partial charge in [0, 0.05) is 33.9 Å². The number of nitrogens with zero attached hydrogens (tertiary/aromatic N) is 3. The lowest BCUT2D eigenvalue weighted by Crippen LogP contribution is -2.16. The molecule has 0 atom stereocenters. The second-order valence-corrected chi connectivity index (χ2v) is 6.28. The van der Waals surface area contributed by atoms with E-state index in [9.17, 15) is 0 Å². The SMILES string of the molecule is Brc1cnc(-c2nccc(CNC3CC3)n2)c(Br)c1. The van der Waals surface area contributed by atoms with E-state index in [4.69, 9.17) is 0 Å². The van der Waals surface area contributed by atoms with Crippen LogP contribution in [0, 0.1) is 0 Å². The summed E-state index contributed by atoms with van der Waals surface area (Å²) in [7, 11) is 0. The van der Waals surface area contributed by atoms with Gasteiger partial charge in [0.25, 0.3) is 0 Å². The zero-order valence-electron chi connectivity index (χ0n) is 10.1. The van der Waals surface area contributed by atoms with E-state index in [1.807, 2.05) is 12.1 Å². The fourth-order valence-electron chi connectivity index (χ4n) is 1.72. The van der Waals surface area contributed by atoms with Crippen molar-refractivity contribution in [1.29, 1.82) is 0 Å². The third kappa shape index (κ3) is 3.38. The molecule has 1 N–H and O–H groups in total. The van der Waals surface area contributed by atoms with Crippen LogP contribution in [0.1, 0.15) is 18.5 Å². The van der Waals surface area contributed by atoms with Crippen LogP contribution in [0.4, 0.5) is 0 Å². The van der Waals surface area contributed by atoms with Crippen LogP contribution in [0.25, 0.3) is 11.5 Å². The highest BCUT2D eigenvalue weighted by atomic mass is 79.9. The first-order valence-electron chi connectivity index (χ1n) is 6.09. The first kappa shape index (κ1) is 13.1. The Labute approximate surface area is 128 Å². The van der Waals surface area contributed by atoms with Crippen LogP contribution in [0.15, 0.2) is 33.5 Å². The predicted octanol–water partition coefficient (Wildman–Crippen LogP) is 3.32. The highest BCUT2D eigenvalue weighted by molar-refractivity contribution is 9.11. The van der Waals surface area contributed by atoms with Gasteiger partial charge in [0.15, 0.2) is 5.82 Å². The molecule has 0 bridgehead atoms. The van der Waals surface area contributed by atoms with Gasteiger partial charge in [-0.1, -0.05) is 0 Å². The van der Waals surface area contributed by atoms with Crippen molar-refractivity contribution in [1.82, 2.24) is 20.3 Å². The molecule has 2 aromatic heterocycles. The summed E-state index contributed by atoms with van der Waals surface area (Å²) in [6.07, 6.45) is 6.08. The first-order valence-corrected chi connectivity index (χ1v) is 7.68. The fourth-order valence-corrected chi connectivity index (χ4v) is 2.89. The van der Waals surface area contributed by atoms with E-state index in [1.54, 1.807) is 12.4 Å². The number of nitrogens with one attached hydrogen (secondary N) is 1. The molecule has 0 spiro atoms. The summed E-state index contributed by atoms with van der Waals surface area (Å²) in [5.41, 5.74) is 1.75. The molecule has 1 fully saturated rings. The third-order valence-corrected chi connectivity index (χ3v) is 3.92. The molecule has 98 valence electrons. The minimum Gasteiger partial charge on any atom is -0.308 e. The second kappa shape index (κ2) is 5.64. The number of hydrogen-bond acceptors (Lipinski definition) is 4. The minimum absolute atomic E-state index is 0.648. The number of hydrogen-bond donors (Lipinski definition) is 1. The van der Waals surface area contributed by atoms with Gasteiger partial charge in [-0.05, 0) is 56.8 Å². The lowest BCUT2D eigenvalue weighted by Gasteiger charge is -2.06. The molecule has 0 saturated heterocycles. The van der Waals surface area contributed by atoms with E-state index < -0.39 is 0 Å². The van der Waals surface area contributed by atoms with Crippen LogP contribution in [-0.2, 0) is 6.54 Å². The number of aromatic nitrogens is 3. The Morgan fingerprint density at radius 1 is 1.26 bits per heavy atom. The Morgan fingerprint density at radius 2 is 2.11 bits per heavy atom. The Balaban J connectivity index is 1.84. The van der Waals surface area contributed by atoms with E-state index in [0.717, 1.165) is 26.9 Å². The zero-order chi connectivity index (χ0) is 13.2. The molecule has 0 aromatic carbocycles. The zero-order valence-corrected chi connectivity index (χ0v) is 13.3. The molecule has 1 saturated carbocycles. The van der Waals surface area contributed by atoms with E-state index >= 15 is 0 Å². The maximum atomic E-state index is 4.55. The van der Waals surface area contributed by atoms with E-state index in [0.29, 0.717) is 11.9 Å². The number of rotatable bonds is 4. The first-order chi connectivity index (χ1) is 9.22. The van der Waals surface area contributed by atoms with Gasteiger partial charge in [-0.25, -0.2) is 9.97 Å². The highest BCUT2D eigenvalue weighted by Crippen LogP contribution is 2.26. The maximum absolute atomic E-state index is 4.55. The van der Waals surface area contributed by atoms with Crippen molar-refractivity contribution in [2.45, 2.75) is 25.4 Å². The Bertz CT molecular complexity index is 599. The van der Waals surface area contributed by atoms with Gasteiger partial charge in [-0.15, -0.1) is 0 Å². The molecular weight excluding hydrogens is 372 g/mol. The topological polar surface area (TPSA) is 50.7 Å². The van der Waals surface area contributed by atoms with Gasteiger partial charge in [0.05, 0.1) is 5.69 Å². The fraction of sp³-hybridized carbons (Fsp3) is 0.308. The second-order valence-electron chi connectivity index (χ2n) is 4.51. The third-order valence-electron chi connectivity index (χ3n) is 2.88. The lowest BCUT2D eigenvalue weighted by atomic mass is 10.3. The van der Waals surface area contributed by atoms with Crippen LogP contribution in [0.2, 0.25) is 0 Å². The molecule has 1 aliphatic carbocycles. The van der Waals surface area contributed by atoms with Crippen LogP contribution < -0.4 is 5.32 Å². The largest absolute Gasteiger partial charge is 0.308 e. The molecule has 0 aliphatic heterocycles. The molecule has 3 rings (SSSR count). The predicted molar refractivity (Wildman–Crippen MR) is 80.5 cm³/mol. The highest BCUT2D eigenvalue weighted by Gasteiger charge is 2.20. The van der Waals surface area contributed by atoms with Crippen LogP contribution >= 0.6 is 31.9 Å². The van der Waals surface area contributed by atoms with Gasteiger partial charge < -0.3 is 5.32 Å². The van der Waals surface area contributed by atoms with Gasteiger partial charge in [0.2, 0.25) is 0 Å². The van der Waals surface area contributed by atoms with E-state index in [1.165, 1.54) is 12.8 Å². The molecule has 4 nitrogen and oxygen atoms in total. The maximum Gasteiger partial charge on any atom is 0.179 e. The van der Waals surface area contributed by atoms with Crippen molar-refractivity contribution in [3.05, 3.63) is 39.2 Å². The van der Waals surface area contributed by atoms with E-state index in [2.05, 4.69) is 52.1 Å². The Kier molecular flexibility index (Phi) is 3.91. The molecule has 0 amide bonds. The van der Waals surface area contributed by atoms with Gasteiger partial charge in [-0.2, -0.15) is 0 Å². The van der Waals surface area contributed by atoms with Crippen molar-refractivity contribution < 1.29 is 0 Å². The molecule has 2 heterocycles. The summed E-state index contributed by atoms with van der Waals surface area (Å²) >= 11 is 6.88. The Morgan fingerprint density at radius 3 is 2.84 bits per heavy atom. The average molecular weight is 384 g/mol. The summed E-state index contributed by atoms with van der Waals surface area (Å²) < 4.78 is 1.81. The normalized spacial score (nSPS) is 14.6. The standard InChI is InChI=1S/C13H12Br2N4/c14-8-5-11(15)12(18-6-8)13-16-4-3-10(19-13)7-17-9-1-2-9/h3-6,9,17H,1-2,7H2. The van der Waals surface area contributed by atoms with Crippen molar-refractivity contribution in [3.8, 4) is 11.5 Å². The van der Waals surface area contributed by atoms with Crippen LogP contribution in [0.5, 0.6) is 0 Å². The van der Waals surface area contributed by atoms with Crippen molar-refractivity contribution in [2.24, 2.45) is 0 Å². The number of pyridine rings is 1. The van der Waals surface area contributed by atoms with Crippen molar-refractivity contribution in [2.75, 3.05) is 0 Å². The summed E-state index contributed by atoms with van der Waals surface area (Å²) in [4.78, 5) is 13.2. The average Bonchev–Trinajstić information content (AvgIpc) is 3.21. The number of halogens is 2. The smallest absolute Gasteiger partial charge is 0.179 e. The van der Waals surface area contributed by atoms with E-state index in [-0.39, 0.29) is 0 Å². The molecule has 6 heteroatoms. The van der Waals surface area contributed by atoms with Gasteiger partial charge in [0.1, 0.15) is 5.69 Å². The quantitative estimate of drug-likeness (QED) is 0.879. The van der Waals surface area contributed by atoms with Crippen LogP contribution in [-0.4, -0.2) is 21.0 Å². The molecule has 1 aliphatic rings. The van der Waals surface area contributed by atoms with Crippen LogP contribution in [0.3, 0.4) is 0 Å². The monoisotopic (exact) mass is 382 g/mol. The van der Waals surface area contributed by atoms with Crippen molar-refractivity contribution in [3.63, 3.8) is 0 Å². The summed E-state index contributed by atoms with van der Waals surface area (Å²) in [5.74, 6) is 0.648. The molecular formula is C13H12Br2N4. The molecule has 0 radical (unpaired) electrons. The molecule has 0 unspecified atom stereocenters. The van der Waals surface area contributed by atoms with Gasteiger partial charge in [-0.3, -0.25) is 4.98 Å². The Hall–Kier alpha value is -0.850. The lowest BCUT2D eigenvalue weighted by molar-refractivity contribution is 0.673. The molecule has 19 heavy (non-hydrogen) atoms. The molecule has 2 aromatic rings. The summed E-state index contributed by atoms with van der Waals surface area (Å²) in [5, 5.41) is 3.45. The summed E-state index contributed by atoms with van der Waals surface area (Å²) in [6.45, 7) is 0.786. The van der Waals surface area contributed by atoms with Gasteiger partial charge >= 0.3 is 0 Å². The minimum atomic E-state index is 0.648.